The van der Waals surface area contributed by atoms with Crippen LogP contribution in [-0.2, 0) is 6.54 Å². The molecule has 4 nitrogen and oxygen atoms in total. The fraction of sp³-hybridized carbons (Fsp3) is 0.455. The highest BCUT2D eigenvalue weighted by atomic mass is 16.5. The standard InChI is InChI=1S/C22H26N2O2/c1-26-22-20(11-6-12-23-22)21(25)17-13-18-9-5-10-19(14-17)24(18)15-16-7-3-2-4-8-16/h2-4,6-8,11-12,17-19H,5,9-10,13-15H2,1H3. The van der Waals surface area contributed by atoms with Gasteiger partial charge in [-0.15, -0.1) is 0 Å². The first-order chi connectivity index (χ1) is 12.8. The number of hydrogen-bond donors (Lipinski definition) is 0. The average molecular weight is 350 g/mol. The van der Waals surface area contributed by atoms with Crippen LogP contribution in [-0.4, -0.2) is 34.9 Å². The molecule has 2 aliphatic rings. The molecule has 136 valence electrons. The van der Waals surface area contributed by atoms with Crippen molar-refractivity contribution >= 4 is 5.78 Å². The third-order valence-electron chi connectivity index (χ3n) is 5.93. The van der Waals surface area contributed by atoms with Crippen LogP contribution in [0.1, 0.15) is 48.0 Å². The second-order valence-electron chi connectivity index (χ2n) is 7.49. The van der Waals surface area contributed by atoms with Crippen molar-refractivity contribution in [3.8, 4) is 5.88 Å². The van der Waals surface area contributed by atoms with Gasteiger partial charge in [0.1, 0.15) is 0 Å². The van der Waals surface area contributed by atoms with Gasteiger partial charge in [-0.25, -0.2) is 4.98 Å². The van der Waals surface area contributed by atoms with Crippen molar-refractivity contribution in [2.45, 2.75) is 50.7 Å². The number of fused-ring (bicyclic) bond motifs is 2. The molecule has 0 spiro atoms. The highest BCUT2D eigenvalue weighted by molar-refractivity contribution is 5.99. The van der Waals surface area contributed by atoms with Crippen LogP contribution in [0.25, 0.3) is 0 Å². The number of aromatic nitrogens is 1. The molecule has 2 aromatic rings. The van der Waals surface area contributed by atoms with Gasteiger partial charge in [-0.05, 0) is 43.4 Å². The molecule has 0 amide bonds. The minimum atomic E-state index is 0.0791. The molecule has 2 aliphatic heterocycles. The van der Waals surface area contributed by atoms with Crippen LogP contribution in [0.15, 0.2) is 48.7 Å². The summed E-state index contributed by atoms with van der Waals surface area (Å²) < 4.78 is 5.31. The van der Waals surface area contributed by atoms with Crippen LogP contribution in [0.2, 0.25) is 0 Å². The van der Waals surface area contributed by atoms with Crippen molar-refractivity contribution in [3.63, 3.8) is 0 Å². The van der Waals surface area contributed by atoms with Gasteiger partial charge in [-0.1, -0.05) is 36.8 Å². The lowest BCUT2D eigenvalue weighted by Crippen LogP contribution is -2.52. The van der Waals surface area contributed by atoms with E-state index in [2.05, 4.69) is 40.2 Å². The number of nitrogens with zero attached hydrogens (tertiary/aromatic N) is 2. The number of ketones is 1. The van der Waals surface area contributed by atoms with Gasteiger partial charge in [-0.3, -0.25) is 9.69 Å². The summed E-state index contributed by atoms with van der Waals surface area (Å²) in [4.78, 5) is 20.0. The number of carbonyl (C=O) groups is 1. The smallest absolute Gasteiger partial charge is 0.224 e. The number of pyridine rings is 1. The van der Waals surface area contributed by atoms with Gasteiger partial charge in [0.15, 0.2) is 5.78 Å². The number of methoxy groups -OCH3 is 1. The summed E-state index contributed by atoms with van der Waals surface area (Å²) in [6, 6.07) is 15.4. The van der Waals surface area contributed by atoms with E-state index in [-0.39, 0.29) is 11.7 Å². The third kappa shape index (κ3) is 3.38. The molecule has 2 atom stereocenters. The Balaban J connectivity index is 1.51. The van der Waals surface area contributed by atoms with Crippen molar-refractivity contribution < 1.29 is 9.53 Å². The van der Waals surface area contributed by atoms with E-state index < -0.39 is 0 Å². The summed E-state index contributed by atoms with van der Waals surface area (Å²) in [6.07, 6.45) is 7.22. The van der Waals surface area contributed by atoms with Crippen molar-refractivity contribution in [2.75, 3.05) is 7.11 Å². The highest BCUT2D eigenvalue weighted by Crippen LogP contribution is 2.39. The Bertz CT molecular complexity index is 748. The van der Waals surface area contributed by atoms with E-state index in [0.29, 0.717) is 23.5 Å². The molecule has 4 rings (SSSR count). The maximum Gasteiger partial charge on any atom is 0.224 e. The number of ether oxygens (including phenoxy) is 1. The number of Topliss-reactive ketones (excluding diaryl/α,β-unsaturated/α-hetero) is 1. The number of benzene rings is 1. The number of rotatable bonds is 5. The van der Waals surface area contributed by atoms with Crippen molar-refractivity contribution in [1.29, 1.82) is 0 Å². The van der Waals surface area contributed by atoms with Crippen LogP contribution < -0.4 is 4.74 Å². The Morgan fingerprint density at radius 3 is 2.54 bits per heavy atom. The highest BCUT2D eigenvalue weighted by Gasteiger charge is 2.41. The molecule has 1 aromatic carbocycles. The monoisotopic (exact) mass is 350 g/mol. The van der Waals surface area contributed by atoms with Crippen molar-refractivity contribution in [2.24, 2.45) is 5.92 Å². The SMILES string of the molecule is COc1ncccc1C(=O)C1CC2CCCC(C1)N2Cc1ccccc1. The molecule has 26 heavy (non-hydrogen) atoms. The van der Waals surface area contributed by atoms with E-state index in [9.17, 15) is 4.79 Å². The Kier molecular flexibility index (Phi) is 5.02. The van der Waals surface area contributed by atoms with Gasteiger partial charge in [0.25, 0.3) is 0 Å². The van der Waals surface area contributed by atoms with Gasteiger partial charge >= 0.3 is 0 Å². The molecule has 0 radical (unpaired) electrons. The lowest BCUT2D eigenvalue weighted by atomic mass is 9.75. The van der Waals surface area contributed by atoms with Crippen molar-refractivity contribution in [1.82, 2.24) is 9.88 Å². The minimum Gasteiger partial charge on any atom is -0.480 e. The minimum absolute atomic E-state index is 0.0791. The summed E-state index contributed by atoms with van der Waals surface area (Å²) in [5, 5.41) is 0. The van der Waals surface area contributed by atoms with Gasteiger partial charge in [0, 0.05) is 30.7 Å². The van der Waals surface area contributed by atoms with Crippen LogP contribution >= 0.6 is 0 Å². The molecule has 2 fully saturated rings. The van der Waals surface area contributed by atoms with Crippen LogP contribution in [0.4, 0.5) is 0 Å². The number of carbonyl (C=O) groups excluding carboxylic acids is 1. The first-order valence-electron chi connectivity index (χ1n) is 9.59. The van der Waals surface area contributed by atoms with Gasteiger partial charge in [0.05, 0.1) is 12.7 Å². The molecular formula is C22H26N2O2. The van der Waals surface area contributed by atoms with Crippen LogP contribution in [0.3, 0.4) is 0 Å². The zero-order valence-corrected chi connectivity index (χ0v) is 15.3. The Morgan fingerprint density at radius 1 is 1.12 bits per heavy atom. The van der Waals surface area contributed by atoms with E-state index >= 15 is 0 Å². The number of piperidine rings is 2. The molecule has 1 aromatic heterocycles. The van der Waals surface area contributed by atoms with Gasteiger partial charge in [-0.2, -0.15) is 0 Å². The molecule has 3 heterocycles. The summed E-state index contributed by atoms with van der Waals surface area (Å²) in [5.41, 5.74) is 2.00. The summed E-state index contributed by atoms with van der Waals surface area (Å²) in [6.45, 7) is 0.993. The molecule has 0 N–H and O–H groups in total. The molecule has 0 saturated carbocycles. The lowest BCUT2D eigenvalue weighted by Gasteiger charge is -2.48. The Labute approximate surface area is 155 Å². The second-order valence-corrected chi connectivity index (χ2v) is 7.49. The quantitative estimate of drug-likeness (QED) is 0.761. The zero-order chi connectivity index (χ0) is 17.9. The molecule has 2 unspecified atom stereocenters. The Hall–Kier alpha value is -2.20. The number of hydrogen-bond acceptors (Lipinski definition) is 4. The maximum atomic E-state index is 13.1. The molecule has 4 heteroatoms. The van der Waals surface area contributed by atoms with E-state index in [4.69, 9.17) is 4.74 Å². The molecular weight excluding hydrogens is 324 g/mol. The largest absolute Gasteiger partial charge is 0.480 e. The second kappa shape index (κ2) is 7.58. The molecule has 2 saturated heterocycles. The van der Waals surface area contributed by atoms with Gasteiger partial charge < -0.3 is 4.74 Å². The van der Waals surface area contributed by atoms with Gasteiger partial charge in [0.2, 0.25) is 5.88 Å². The van der Waals surface area contributed by atoms with Crippen molar-refractivity contribution in [3.05, 3.63) is 59.8 Å². The first kappa shape index (κ1) is 17.2. The predicted octanol–water partition coefficient (Wildman–Crippen LogP) is 4.11. The van der Waals surface area contributed by atoms with E-state index in [1.165, 1.54) is 24.8 Å². The first-order valence-corrected chi connectivity index (χ1v) is 9.59. The predicted molar refractivity (Wildman–Crippen MR) is 101 cm³/mol. The molecule has 0 aliphatic carbocycles. The molecule has 2 bridgehead atoms. The fourth-order valence-electron chi connectivity index (χ4n) is 4.71. The summed E-state index contributed by atoms with van der Waals surface area (Å²) in [7, 11) is 1.58. The maximum absolute atomic E-state index is 13.1. The normalized spacial score (nSPS) is 25.7. The summed E-state index contributed by atoms with van der Waals surface area (Å²) in [5.74, 6) is 0.732. The van der Waals surface area contributed by atoms with E-state index in [0.717, 1.165) is 19.4 Å². The third-order valence-corrected chi connectivity index (χ3v) is 5.93. The van der Waals surface area contributed by atoms with E-state index in [1.807, 2.05) is 12.1 Å². The summed E-state index contributed by atoms with van der Waals surface area (Å²) >= 11 is 0. The van der Waals surface area contributed by atoms with E-state index in [1.54, 1.807) is 13.3 Å². The Morgan fingerprint density at radius 2 is 1.85 bits per heavy atom. The topological polar surface area (TPSA) is 42.4 Å². The van der Waals surface area contributed by atoms with Crippen LogP contribution in [0, 0.1) is 5.92 Å². The lowest BCUT2D eigenvalue weighted by molar-refractivity contribution is 0.00897. The van der Waals surface area contributed by atoms with Crippen LogP contribution in [0.5, 0.6) is 5.88 Å². The average Bonchev–Trinajstić information content (AvgIpc) is 2.68. The fourth-order valence-corrected chi connectivity index (χ4v) is 4.71. The zero-order valence-electron chi connectivity index (χ0n) is 15.3.